The van der Waals surface area contributed by atoms with Gasteiger partial charge in [0.15, 0.2) is 0 Å². The molecule has 0 saturated carbocycles. The molecule has 1 aromatic rings. The Balaban J connectivity index is 2.95. The van der Waals surface area contributed by atoms with Crippen molar-refractivity contribution in [3.8, 4) is 0 Å². The maximum Gasteiger partial charge on any atom is 0.284 e. The van der Waals surface area contributed by atoms with Crippen LogP contribution < -0.4 is 5.32 Å². The van der Waals surface area contributed by atoms with Gasteiger partial charge in [-0.3, -0.25) is 10.1 Å². The van der Waals surface area contributed by atoms with Crippen molar-refractivity contribution in [3.63, 3.8) is 0 Å². The zero-order valence-corrected chi connectivity index (χ0v) is 10.7. The van der Waals surface area contributed by atoms with Crippen LogP contribution in [0.2, 0.25) is 0 Å². The van der Waals surface area contributed by atoms with Gasteiger partial charge in [-0.2, -0.15) is 0 Å². The third kappa shape index (κ3) is 3.43. The Bertz CT molecular complexity index is 418. The molecule has 86 valence electrons. The van der Waals surface area contributed by atoms with E-state index in [1.807, 2.05) is 32.2 Å². The third-order valence-electron chi connectivity index (χ3n) is 2.20. The highest BCUT2D eigenvalue weighted by Gasteiger charge is 2.10. The van der Waals surface area contributed by atoms with Crippen LogP contribution in [0.5, 0.6) is 0 Å². The van der Waals surface area contributed by atoms with E-state index < -0.39 is 4.92 Å². The molecule has 0 radical (unpaired) electrons. The Hall–Kier alpha value is -1.20. The first-order valence-electron chi connectivity index (χ1n) is 4.84. The van der Waals surface area contributed by atoms with Gasteiger partial charge in [0, 0.05) is 12.1 Å². The highest BCUT2D eigenvalue weighted by atomic mass is 79.9. The van der Waals surface area contributed by atoms with Crippen molar-refractivity contribution in [1.82, 2.24) is 5.32 Å². The molecule has 0 aromatic heterocycles. The molecule has 0 aliphatic carbocycles. The van der Waals surface area contributed by atoms with Gasteiger partial charge in [0.25, 0.3) is 5.69 Å². The minimum absolute atomic E-state index is 0.0826. The Labute approximate surface area is 103 Å². The van der Waals surface area contributed by atoms with Crippen LogP contribution in [0.3, 0.4) is 0 Å². The second-order valence-electron chi connectivity index (χ2n) is 3.40. The first-order chi connectivity index (χ1) is 7.54. The number of benzene rings is 1. The molecule has 1 atom stereocenters. The van der Waals surface area contributed by atoms with E-state index in [9.17, 15) is 10.1 Å². The molecular formula is C11H13BrN2O2. The maximum atomic E-state index is 10.7. The second kappa shape index (κ2) is 5.77. The van der Waals surface area contributed by atoms with E-state index in [1.165, 1.54) is 0 Å². The van der Waals surface area contributed by atoms with Crippen molar-refractivity contribution < 1.29 is 4.92 Å². The number of nitro groups is 1. The van der Waals surface area contributed by atoms with Crippen LogP contribution in [0.4, 0.5) is 5.69 Å². The van der Waals surface area contributed by atoms with Gasteiger partial charge in [-0.05, 0) is 41.5 Å². The molecule has 0 amide bonds. The number of hydrogen-bond acceptors (Lipinski definition) is 3. The molecule has 0 saturated heterocycles. The largest absolute Gasteiger partial charge is 0.314 e. The van der Waals surface area contributed by atoms with E-state index in [0.29, 0.717) is 4.47 Å². The summed E-state index contributed by atoms with van der Waals surface area (Å²) in [5.74, 6) is 0. The molecule has 0 fully saturated rings. The minimum Gasteiger partial charge on any atom is -0.314 e. The Morgan fingerprint density at radius 2 is 2.25 bits per heavy atom. The SMILES string of the molecule is CNC(C)/C=C/c1ccc(Br)c([N+](=O)[O-])c1. The number of halogens is 1. The fraction of sp³-hybridized carbons (Fsp3) is 0.273. The molecule has 0 aliphatic heterocycles. The fourth-order valence-corrected chi connectivity index (χ4v) is 1.52. The molecule has 1 N–H and O–H groups in total. The lowest BCUT2D eigenvalue weighted by Gasteiger charge is -2.02. The van der Waals surface area contributed by atoms with E-state index in [4.69, 9.17) is 0 Å². The Kier molecular flexibility index (Phi) is 4.64. The predicted octanol–water partition coefficient (Wildman–Crippen LogP) is 2.98. The average molecular weight is 285 g/mol. The first kappa shape index (κ1) is 12.9. The minimum atomic E-state index is -0.400. The van der Waals surface area contributed by atoms with Crippen LogP contribution in [-0.4, -0.2) is 18.0 Å². The van der Waals surface area contributed by atoms with Gasteiger partial charge in [0.05, 0.1) is 9.40 Å². The Morgan fingerprint density at radius 1 is 1.56 bits per heavy atom. The normalized spacial score (nSPS) is 12.9. The molecule has 0 spiro atoms. The lowest BCUT2D eigenvalue weighted by atomic mass is 10.1. The van der Waals surface area contributed by atoms with E-state index in [-0.39, 0.29) is 11.7 Å². The molecule has 4 nitrogen and oxygen atoms in total. The summed E-state index contributed by atoms with van der Waals surface area (Å²) in [7, 11) is 1.86. The number of nitro benzene ring substituents is 1. The summed E-state index contributed by atoms with van der Waals surface area (Å²) in [4.78, 5) is 10.3. The summed E-state index contributed by atoms with van der Waals surface area (Å²) in [5.41, 5.74) is 0.899. The molecule has 5 heteroatoms. The van der Waals surface area contributed by atoms with Crippen LogP contribution in [0, 0.1) is 10.1 Å². The van der Waals surface area contributed by atoms with Crippen LogP contribution in [0.1, 0.15) is 12.5 Å². The van der Waals surface area contributed by atoms with Gasteiger partial charge < -0.3 is 5.32 Å². The van der Waals surface area contributed by atoms with Gasteiger partial charge in [-0.25, -0.2) is 0 Å². The van der Waals surface area contributed by atoms with E-state index in [2.05, 4.69) is 21.2 Å². The van der Waals surface area contributed by atoms with Crippen molar-refractivity contribution in [2.45, 2.75) is 13.0 Å². The molecular weight excluding hydrogens is 272 g/mol. The maximum absolute atomic E-state index is 10.7. The van der Waals surface area contributed by atoms with Gasteiger partial charge in [0.1, 0.15) is 0 Å². The van der Waals surface area contributed by atoms with Crippen molar-refractivity contribution in [1.29, 1.82) is 0 Å². The molecule has 0 heterocycles. The van der Waals surface area contributed by atoms with Gasteiger partial charge in [-0.15, -0.1) is 0 Å². The summed E-state index contributed by atoms with van der Waals surface area (Å²) in [6.07, 6.45) is 3.81. The van der Waals surface area contributed by atoms with Crippen molar-refractivity contribution in [2.24, 2.45) is 0 Å². The van der Waals surface area contributed by atoms with Crippen molar-refractivity contribution >= 4 is 27.7 Å². The first-order valence-corrected chi connectivity index (χ1v) is 5.63. The molecule has 0 aliphatic rings. The second-order valence-corrected chi connectivity index (χ2v) is 4.26. The smallest absolute Gasteiger partial charge is 0.284 e. The molecule has 16 heavy (non-hydrogen) atoms. The molecule has 0 bridgehead atoms. The lowest BCUT2D eigenvalue weighted by Crippen LogP contribution is -2.17. The number of rotatable bonds is 4. The van der Waals surface area contributed by atoms with Gasteiger partial charge >= 0.3 is 0 Å². The zero-order valence-electron chi connectivity index (χ0n) is 9.11. The molecule has 1 rings (SSSR count). The average Bonchev–Trinajstić information content (AvgIpc) is 2.27. The predicted molar refractivity (Wildman–Crippen MR) is 68.4 cm³/mol. The van der Waals surface area contributed by atoms with Crippen LogP contribution >= 0.6 is 15.9 Å². The van der Waals surface area contributed by atoms with Crippen molar-refractivity contribution in [3.05, 3.63) is 44.4 Å². The molecule has 1 aromatic carbocycles. The van der Waals surface area contributed by atoms with Crippen LogP contribution in [0.15, 0.2) is 28.7 Å². The number of nitrogens with one attached hydrogen (secondary N) is 1. The van der Waals surface area contributed by atoms with Crippen molar-refractivity contribution in [2.75, 3.05) is 7.05 Å². The number of hydrogen-bond donors (Lipinski definition) is 1. The van der Waals surface area contributed by atoms with Gasteiger partial charge in [-0.1, -0.05) is 18.2 Å². The summed E-state index contributed by atoms with van der Waals surface area (Å²) in [6.45, 7) is 2.00. The summed E-state index contributed by atoms with van der Waals surface area (Å²) in [6, 6.07) is 5.29. The van der Waals surface area contributed by atoms with Gasteiger partial charge in [0.2, 0.25) is 0 Å². The number of nitrogens with zero attached hydrogens (tertiary/aromatic N) is 1. The zero-order chi connectivity index (χ0) is 12.1. The fourth-order valence-electron chi connectivity index (χ4n) is 1.12. The third-order valence-corrected chi connectivity index (χ3v) is 2.87. The summed E-state index contributed by atoms with van der Waals surface area (Å²) >= 11 is 3.15. The quantitative estimate of drug-likeness (QED) is 0.683. The number of likely N-dealkylation sites (N-methyl/N-ethyl adjacent to an activating group) is 1. The van der Waals surface area contributed by atoms with E-state index in [0.717, 1.165) is 5.56 Å². The Morgan fingerprint density at radius 3 is 2.81 bits per heavy atom. The van der Waals surface area contributed by atoms with E-state index in [1.54, 1.807) is 12.1 Å². The topological polar surface area (TPSA) is 55.2 Å². The highest BCUT2D eigenvalue weighted by Crippen LogP contribution is 2.26. The standard InChI is InChI=1S/C11H13BrN2O2/c1-8(13-2)3-4-9-5-6-10(12)11(7-9)14(15)16/h3-8,13H,1-2H3/b4-3+. The van der Waals surface area contributed by atoms with Crippen LogP contribution in [0.25, 0.3) is 6.08 Å². The monoisotopic (exact) mass is 284 g/mol. The van der Waals surface area contributed by atoms with Crippen LogP contribution in [-0.2, 0) is 0 Å². The van der Waals surface area contributed by atoms with E-state index >= 15 is 0 Å². The molecule has 1 unspecified atom stereocenters. The summed E-state index contributed by atoms with van der Waals surface area (Å²) < 4.78 is 0.497. The highest BCUT2D eigenvalue weighted by molar-refractivity contribution is 9.10. The summed E-state index contributed by atoms with van der Waals surface area (Å²) in [5, 5.41) is 13.8. The lowest BCUT2D eigenvalue weighted by molar-refractivity contribution is -0.385.